The second-order valence-electron chi connectivity index (χ2n) is 8.41. The number of hydrogen-bond donors (Lipinski definition) is 3. The van der Waals surface area contributed by atoms with Gasteiger partial charge in [-0.25, -0.2) is 0 Å². The molecule has 1 spiro atoms. The van der Waals surface area contributed by atoms with Gasteiger partial charge in [0.2, 0.25) is 0 Å². The minimum absolute atomic E-state index is 0. The Balaban J connectivity index is 0.00000289. The summed E-state index contributed by atoms with van der Waals surface area (Å²) >= 11 is 0. The molecule has 172 valence electrons. The van der Waals surface area contributed by atoms with Crippen LogP contribution in [0.1, 0.15) is 60.5 Å². The highest BCUT2D eigenvalue weighted by Crippen LogP contribution is 2.46. The van der Waals surface area contributed by atoms with Crippen molar-refractivity contribution < 1.29 is 9.53 Å². The van der Waals surface area contributed by atoms with E-state index >= 15 is 0 Å². The van der Waals surface area contributed by atoms with Crippen LogP contribution >= 0.6 is 24.0 Å². The smallest absolute Gasteiger partial charge is 0.251 e. The molecule has 2 aromatic rings. The molecule has 1 fully saturated rings. The molecule has 7 heteroatoms. The van der Waals surface area contributed by atoms with Crippen molar-refractivity contribution in [1.29, 1.82) is 0 Å². The molecule has 3 N–H and O–H groups in total. The number of halogens is 1. The Hall–Kier alpha value is -2.29. The summed E-state index contributed by atoms with van der Waals surface area (Å²) in [6, 6.07) is 17.8. The topological polar surface area (TPSA) is 74.8 Å². The molecule has 1 aliphatic carbocycles. The molecular weight excluding hydrogens is 515 g/mol. The van der Waals surface area contributed by atoms with Crippen molar-refractivity contribution in [2.24, 2.45) is 4.99 Å². The van der Waals surface area contributed by atoms with Crippen LogP contribution in [-0.4, -0.2) is 37.6 Å². The van der Waals surface area contributed by atoms with Crippen molar-refractivity contribution in [2.75, 3.05) is 20.1 Å². The number of benzene rings is 2. The van der Waals surface area contributed by atoms with Crippen molar-refractivity contribution in [3.8, 4) is 5.75 Å². The van der Waals surface area contributed by atoms with Gasteiger partial charge in [0, 0.05) is 37.7 Å². The molecule has 0 bridgehead atoms. The lowest BCUT2D eigenvalue weighted by Crippen LogP contribution is -2.47. The van der Waals surface area contributed by atoms with E-state index in [9.17, 15) is 4.79 Å². The SMILES string of the molecule is CN=C(NCCCNC(=O)c1ccccc1)NC1CC2(CCCC2)Oc2ccccc21.I. The lowest BCUT2D eigenvalue weighted by Gasteiger charge is -2.40. The maximum Gasteiger partial charge on any atom is 0.251 e. The molecule has 0 radical (unpaired) electrons. The molecule has 0 aromatic heterocycles. The fourth-order valence-corrected chi connectivity index (χ4v) is 4.62. The Morgan fingerprint density at radius 2 is 1.72 bits per heavy atom. The molecule has 1 heterocycles. The van der Waals surface area contributed by atoms with Gasteiger partial charge in [-0.15, -0.1) is 24.0 Å². The normalized spacial score (nSPS) is 18.8. The van der Waals surface area contributed by atoms with Gasteiger partial charge in [0.1, 0.15) is 11.4 Å². The van der Waals surface area contributed by atoms with Gasteiger partial charge in [0.05, 0.1) is 6.04 Å². The summed E-state index contributed by atoms with van der Waals surface area (Å²) in [7, 11) is 1.79. The standard InChI is InChI=1S/C25H32N4O2.HI/c1-26-24(28-17-9-16-27-23(30)19-10-3-2-4-11-19)29-21-18-25(14-7-8-15-25)31-22-13-6-5-12-20(21)22;/h2-6,10-13,21H,7-9,14-18H2,1H3,(H,27,30)(H2,26,28,29);1H. The van der Waals surface area contributed by atoms with Crippen LogP contribution in [0.3, 0.4) is 0 Å². The summed E-state index contributed by atoms with van der Waals surface area (Å²) in [5.41, 5.74) is 1.83. The van der Waals surface area contributed by atoms with Crippen LogP contribution < -0.4 is 20.7 Å². The molecule has 32 heavy (non-hydrogen) atoms. The highest BCUT2D eigenvalue weighted by molar-refractivity contribution is 14.0. The fourth-order valence-electron chi connectivity index (χ4n) is 4.62. The van der Waals surface area contributed by atoms with E-state index in [0.29, 0.717) is 12.1 Å². The van der Waals surface area contributed by atoms with Crippen molar-refractivity contribution in [3.63, 3.8) is 0 Å². The first-order chi connectivity index (χ1) is 15.2. The number of fused-ring (bicyclic) bond motifs is 1. The Labute approximate surface area is 207 Å². The zero-order chi connectivity index (χ0) is 21.5. The van der Waals surface area contributed by atoms with E-state index in [-0.39, 0.29) is 41.5 Å². The number of ether oxygens (including phenoxy) is 1. The zero-order valence-electron chi connectivity index (χ0n) is 18.6. The van der Waals surface area contributed by atoms with Crippen LogP contribution in [0.25, 0.3) is 0 Å². The zero-order valence-corrected chi connectivity index (χ0v) is 20.9. The fraction of sp³-hybridized carbons (Fsp3) is 0.440. The predicted molar refractivity (Wildman–Crippen MR) is 139 cm³/mol. The van der Waals surface area contributed by atoms with E-state index < -0.39 is 0 Å². The number of carbonyl (C=O) groups is 1. The lowest BCUT2D eigenvalue weighted by molar-refractivity contribution is 0.0396. The monoisotopic (exact) mass is 548 g/mol. The van der Waals surface area contributed by atoms with Crippen LogP contribution in [0.2, 0.25) is 0 Å². The first-order valence-electron chi connectivity index (χ1n) is 11.3. The number of hydrogen-bond acceptors (Lipinski definition) is 3. The van der Waals surface area contributed by atoms with Gasteiger partial charge in [-0.1, -0.05) is 36.4 Å². The van der Waals surface area contributed by atoms with Crippen LogP contribution in [0.15, 0.2) is 59.6 Å². The van der Waals surface area contributed by atoms with Gasteiger partial charge in [0.15, 0.2) is 5.96 Å². The first-order valence-corrected chi connectivity index (χ1v) is 11.3. The molecule has 4 rings (SSSR count). The van der Waals surface area contributed by atoms with E-state index in [4.69, 9.17) is 4.74 Å². The second-order valence-corrected chi connectivity index (χ2v) is 8.41. The molecule has 1 amide bonds. The van der Waals surface area contributed by atoms with E-state index in [2.05, 4.69) is 39.1 Å². The van der Waals surface area contributed by atoms with Crippen LogP contribution in [0.5, 0.6) is 5.75 Å². The number of para-hydroxylation sites is 1. The maximum absolute atomic E-state index is 12.1. The minimum atomic E-state index is -0.0490. The summed E-state index contributed by atoms with van der Waals surface area (Å²) in [6.07, 6.45) is 6.47. The molecule has 1 aliphatic heterocycles. The predicted octanol–water partition coefficient (Wildman–Crippen LogP) is 4.43. The van der Waals surface area contributed by atoms with Gasteiger partial charge >= 0.3 is 0 Å². The molecular formula is C25H33IN4O2. The third kappa shape index (κ3) is 5.94. The van der Waals surface area contributed by atoms with Crippen molar-refractivity contribution in [3.05, 3.63) is 65.7 Å². The highest BCUT2D eigenvalue weighted by atomic mass is 127. The average Bonchev–Trinajstić information content (AvgIpc) is 3.25. The summed E-state index contributed by atoms with van der Waals surface area (Å²) < 4.78 is 6.46. The first kappa shape index (κ1) is 24.4. The second kappa shape index (κ2) is 11.5. The molecule has 1 unspecified atom stereocenters. The number of aliphatic imine (C=N–C) groups is 1. The summed E-state index contributed by atoms with van der Waals surface area (Å²) in [5.74, 6) is 1.74. The largest absolute Gasteiger partial charge is 0.487 e. The molecule has 0 saturated heterocycles. The third-order valence-electron chi connectivity index (χ3n) is 6.21. The number of amides is 1. The molecule has 2 aliphatic rings. The van der Waals surface area contributed by atoms with Crippen LogP contribution in [0.4, 0.5) is 0 Å². The van der Waals surface area contributed by atoms with Crippen LogP contribution in [0, 0.1) is 0 Å². The summed E-state index contributed by atoms with van der Waals surface area (Å²) in [6.45, 7) is 1.34. The minimum Gasteiger partial charge on any atom is -0.487 e. The molecule has 1 saturated carbocycles. The highest BCUT2D eigenvalue weighted by Gasteiger charge is 2.43. The van der Waals surface area contributed by atoms with E-state index in [0.717, 1.165) is 43.9 Å². The average molecular weight is 548 g/mol. The Bertz CT molecular complexity index is 913. The third-order valence-corrected chi connectivity index (χ3v) is 6.21. The number of guanidine groups is 1. The van der Waals surface area contributed by atoms with Crippen molar-refractivity contribution in [2.45, 2.75) is 50.2 Å². The summed E-state index contributed by atoms with van der Waals surface area (Å²) in [4.78, 5) is 16.5. The van der Waals surface area contributed by atoms with Gasteiger partial charge in [-0.3, -0.25) is 9.79 Å². The Morgan fingerprint density at radius 1 is 1.03 bits per heavy atom. The number of nitrogens with one attached hydrogen (secondary N) is 3. The van der Waals surface area contributed by atoms with Crippen molar-refractivity contribution in [1.82, 2.24) is 16.0 Å². The maximum atomic E-state index is 12.1. The number of carbonyl (C=O) groups excluding carboxylic acids is 1. The Kier molecular flexibility index (Phi) is 8.78. The molecule has 1 atom stereocenters. The number of nitrogens with zero attached hydrogens (tertiary/aromatic N) is 1. The number of rotatable bonds is 6. The van der Waals surface area contributed by atoms with Gasteiger partial charge < -0.3 is 20.7 Å². The van der Waals surface area contributed by atoms with Crippen LogP contribution in [-0.2, 0) is 0 Å². The van der Waals surface area contributed by atoms with E-state index in [1.165, 1.54) is 18.4 Å². The molecule has 2 aromatic carbocycles. The van der Waals surface area contributed by atoms with Gasteiger partial charge in [-0.2, -0.15) is 0 Å². The van der Waals surface area contributed by atoms with E-state index in [1.807, 2.05) is 36.4 Å². The summed E-state index contributed by atoms with van der Waals surface area (Å²) in [5, 5.41) is 9.96. The van der Waals surface area contributed by atoms with Crippen molar-refractivity contribution >= 4 is 35.8 Å². The quantitative estimate of drug-likeness (QED) is 0.216. The van der Waals surface area contributed by atoms with E-state index in [1.54, 1.807) is 7.05 Å². The molecule has 6 nitrogen and oxygen atoms in total. The van der Waals surface area contributed by atoms with Gasteiger partial charge in [-0.05, 0) is 50.3 Å². The van der Waals surface area contributed by atoms with Gasteiger partial charge in [0.25, 0.3) is 5.91 Å². The lowest BCUT2D eigenvalue weighted by atomic mass is 9.86. The Morgan fingerprint density at radius 3 is 2.47 bits per heavy atom.